The highest BCUT2D eigenvalue weighted by molar-refractivity contribution is 4.99. The summed E-state index contributed by atoms with van der Waals surface area (Å²) in [7, 11) is 0. The minimum absolute atomic E-state index is 0. The van der Waals surface area contributed by atoms with Crippen LogP contribution >= 0.6 is 0 Å². The molecule has 0 amide bonds. The van der Waals surface area contributed by atoms with Crippen molar-refractivity contribution in [3.8, 4) is 0 Å². The fraction of sp³-hybridized carbons (Fsp3) is 1.00. The predicted octanol–water partition coefficient (Wildman–Crippen LogP) is 7.14. The number of hydrogen-bond acceptors (Lipinski definition) is 0. The monoisotopic (exact) mass is 260 g/mol. The molecule has 0 nitrogen and oxygen atoms in total. The van der Waals surface area contributed by atoms with Crippen molar-refractivity contribution in [3.63, 3.8) is 0 Å². The van der Waals surface area contributed by atoms with Crippen LogP contribution in [0.2, 0.25) is 0 Å². The summed E-state index contributed by atoms with van der Waals surface area (Å²) in [6.45, 7) is 16.3. The molecule has 0 aromatic carbocycles. The van der Waals surface area contributed by atoms with Crippen molar-refractivity contribution >= 4 is 0 Å². The molecule has 2 rings (SSSR count). The molecule has 0 bridgehead atoms. The van der Waals surface area contributed by atoms with Gasteiger partial charge in [0.25, 0.3) is 0 Å². The first-order chi connectivity index (χ1) is 6.28. The highest BCUT2D eigenvalue weighted by Gasteiger charge is 2.50. The molecule has 0 aliphatic heterocycles. The van der Waals surface area contributed by atoms with Crippen LogP contribution in [0.3, 0.4) is 0 Å². The predicted molar refractivity (Wildman–Crippen MR) is 91.1 cm³/mol. The van der Waals surface area contributed by atoms with Crippen molar-refractivity contribution in [2.75, 3.05) is 0 Å². The Morgan fingerprint density at radius 1 is 0.833 bits per heavy atom. The van der Waals surface area contributed by atoms with Gasteiger partial charge in [-0.05, 0) is 41.4 Å². The molecule has 18 heavy (non-hydrogen) atoms. The average molecular weight is 261 g/mol. The highest BCUT2D eigenvalue weighted by atomic mass is 14.6. The second kappa shape index (κ2) is 8.99. The van der Waals surface area contributed by atoms with Crippen LogP contribution in [0.1, 0.15) is 84.6 Å². The Morgan fingerprint density at radius 3 is 1.06 bits per heavy atom. The third-order valence-electron chi connectivity index (χ3n) is 5.02. The maximum atomic E-state index is 2.34. The molecule has 0 N–H and O–H groups in total. The van der Waals surface area contributed by atoms with Crippen molar-refractivity contribution in [1.29, 1.82) is 0 Å². The van der Waals surface area contributed by atoms with Gasteiger partial charge in [-0.15, -0.1) is 0 Å². The van der Waals surface area contributed by atoms with Gasteiger partial charge in [-0.3, -0.25) is 0 Å². The molecular weight excluding hydrogens is 216 g/mol. The number of hydrogen-bond donors (Lipinski definition) is 0. The zero-order chi connectivity index (χ0) is 11.1. The average Bonchev–Trinajstić information content (AvgIpc) is 2.90. The lowest BCUT2D eigenvalue weighted by molar-refractivity contribution is 0.530. The molecular formula is C18H44. The Morgan fingerprint density at radius 2 is 1.06 bits per heavy atom. The number of rotatable bonds is 1. The van der Waals surface area contributed by atoms with E-state index in [0.717, 1.165) is 29.6 Å². The van der Waals surface area contributed by atoms with E-state index in [1.165, 1.54) is 6.42 Å². The van der Waals surface area contributed by atoms with Crippen LogP contribution in [0.25, 0.3) is 0 Å². The van der Waals surface area contributed by atoms with E-state index in [1.54, 1.807) is 0 Å². The van der Waals surface area contributed by atoms with E-state index < -0.39 is 0 Å². The lowest BCUT2D eigenvalue weighted by atomic mass is 10.1. The molecule has 4 unspecified atom stereocenters. The van der Waals surface area contributed by atoms with Crippen LogP contribution in [0.4, 0.5) is 0 Å². The molecule has 0 heteroatoms. The molecule has 4 atom stereocenters. The molecule has 0 aromatic rings. The van der Waals surface area contributed by atoms with Gasteiger partial charge in [0.15, 0.2) is 0 Å². The first kappa shape index (κ1) is 26.5. The standard InChI is InChI=1S/2C7H14.4CH4/c1-5-6(2)7(5,3)4;1-5(2)7-4-6(7)3;;;;/h5-6H,1-4H3;5-7H,4H2,1-3H3;4*1H4. The summed E-state index contributed by atoms with van der Waals surface area (Å²) in [5, 5.41) is 0. The van der Waals surface area contributed by atoms with E-state index in [2.05, 4.69) is 48.5 Å². The molecule has 116 valence electrons. The van der Waals surface area contributed by atoms with Crippen molar-refractivity contribution in [1.82, 2.24) is 0 Å². The summed E-state index contributed by atoms with van der Waals surface area (Å²) in [5.41, 5.74) is 0.667. The van der Waals surface area contributed by atoms with Crippen molar-refractivity contribution in [2.24, 2.45) is 35.0 Å². The Balaban J connectivity index is -0.0000000891. The first-order valence-corrected chi connectivity index (χ1v) is 6.28. The normalized spacial score (nSPS) is 33.3. The summed E-state index contributed by atoms with van der Waals surface area (Å²) in [6, 6.07) is 0. The minimum Gasteiger partial charge on any atom is -0.0776 e. The molecule has 2 fully saturated rings. The summed E-state index contributed by atoms with van der Waals surface area (Å²) < 4.78 is 0. The molecule has 0 heterocycles. The molecule has 2 saturated carbocycles. The second-order valence-electron chi connectivity index (χ2n) is 6.52. The van der Waals surface area contributed by atoms with Gasteiger partial charge in [-0.25, -0.2) is 0 Å². The van der Waals surface area contributed by atoms with E-state index in [4.69, 9.17) is 0 Å². The van der Waals surface area contributed by atoms with E-state index in [-0.39, 0.29) is 29.7 Å². The zero-order valence-corrected chi connectivity index (χ0v) is 11.1. The summed E-state index contributed by atoms with van der Waals surface area (Å²) >= 11 is 0. The Labute approximate surface area is 120 Å². The second-order valence-corrected chi connectivity index (χ2v) is 6.52. The largest absolute Gasteiger partial charge is 0.0776 e. The maximum Gasteiger partial charge on any atom is -0.0297 e. The van der Waals surface area contributed by atoms with E-state index >= 15 is 0 Å². The van der Waals surface area contributed by atoms with E-state index in [9.17, 15) is 0 Å². The van der Waals surface area contributed by atoms with Crippen LogP contribution in [0.15, 0.2) is 0 Å². The minimum atomic E-state index is 0. The fourth-order valence-corrected chi connectivity index (χ4v) is 2.47. The topological polar surface area (TPSA) is 0 Å². The van der Waals surface area contributed by atoms with Crippen molar-refractivity contribution < 1.29 is 0 Å². The SMILES string of the molecule is C.C.C.C.CC(C)C1CC1C.CC1C(C)C1(C)C. The maximum absolute atomic E-state index is 2.34. The van der Waals surface area contributed by atoms with E-state index in [0.29, 0.717) is 5.41 Å². The molecule has 0 radical (unpaired) electrons. The van der Waals surface area contributed by atoms with Gasteiger partial charge in [0.2, 0.25) is 0 Å². The molecule has 2 aliphatic carbocycles. The fourth-order valence-electron chi connectivity index (χ4n) is 2.47. The quantitative estimate of drug-likeness (QED) is 0.470. The Hall–Kier alpha value is 0. The third-order valence-corrected chi connectivity index (χ3v) is 5.02. The lowest BCUT2D eigenvalue weighted by Gasteiger charge is -1.97. The lowest BCUT2D eigenvalue weighted by Crippen LogP contribution is -1.89. The van der Waals surface area contributed by atoms with Crippen LogP contribution < -0.4 is 0 Å². The van der Waals surface area contributed by atoms with Crippen molar-refractivity contribution in [2.45, 2.75) is 84.6 Å². The third kappa shape index (κ3) is 6.25. The van der Waals surface area contributed by atoms with Gasteiger partial charge >= 0.3 is 0 Å². The molecule has 0 spiro atoms. The van der Waals surface area contributed by atoms with Crippen LogP contribution in [-0.4, -0.2) is 0 Å². The van der Waals surface area contributed by atoms with Gasteiger partial charge in [0, 0.05) is 0 Å². The first-order valence-electron chi connectivity index (χ1n) is 6.28. The van der Waals surface area contributed by atoms with Crippen LogP contribution in [0.5, 0.6) is 0 Å². The highest BCUT2D eigenvalue weighted by Crippen LogP contribution is 2.57. The molecule has 2 aliphatic rings. The summed E-state index contributed by atoms with van der Waals surface area (Å²) in [4.78, 5) is 0. The molecule has 0 saturated heterocycles. The Kier molecular flexibility index (Phi) is 13.3. The summed E-state index contributed by atoms with van der Waals surface area (Å²) in [6.07, 6.45) is 1.48. The van der Waals surface area contributed by atoms with Gasteiger partial charge in [0.1, 0.15) is 0 Å². The molecule has 0 aromatic heterocycles. The summed E-state index contributed by atoms with van der Waals surface area (Å²) in [5.74, 6) is 4.98. The zero-order valence-electron chi connectivity index (χ0n) is 11.1. The van der Waals surface area contributed by atoms with Gasteiger partial charge < -0.3 is 0 Å². The van der Waals surface area contributed by atoms with Gasteiger partial charge in [-0.1, -0.05) is 78.2 Å². The smallest absolute Gasteiger partial charge is 0.0297 e. The Bertz CT molecular complexity index is 180. The van der Waals surface area contributed by atoms with Crippen LogP contribution in [-0.2, 0) is 0 Å². The van der Waals surface area contributed by atoms with Crippen molar-refractivity contribution in [3.05, 3.63) is 0 Å². The van der Waals surface area contributed by atoms with Crippen LogP contribution in [0, 0.1) is 35.0 Å². The van der Waals surface area contributed by atoms with Gasteiger partial charge in [-0.2, -0.15) is 0 Å². The van der Waals surface area contributed by atoms with Gasteiger partial charge in [0.05, 0.1) is 0 Å². The van der Waals surface area contributed by atoms with E-state index in [1.807, 2.05) is 0 Å².